The van der Waals surface area contributed by atoms with Crippen molar-refractivity contribution in [3.8, 4) is 0 Å². The SMILES string of the molecule is C=CC(=O)N1CC[C@@H](Nc2cnc3[nH]cc(C(=O)NCCCC(F)(F)F)c3n2)C1. The van der Waals surface area contributed by atoms with Crippen molar-refractivity contribution in [2.45, 2.75) is 31.5 Å². The van der Waals surface area contributed by atoms with Crippen molar-refractivity contribution in [2.24, 2.45) is 0 Å². The molecule has 0 aromatic carbocycles. The maximum atomic E-state index is 12.3. The minimum Gasteiger partial charge on any atom is -0.364 e. The number of aromatic amines is 1. The lowest BCUT2D eigenvalue weighted by atomic mass is 10.2. The summed E-state index contributed by atoms with van der Waals surface area (Å²) in [4.78, 5) is 37.1. The Balaban J connectivity index is 1.63. The summed E-state index contributed by atoms with van der Waals surface area (Å²) in [6.07, 6.45) is -0.453. The fourth-order valence-electron chi connectivity index (χ4n) is 3.14. The predicted octanol–water partition coefficient (Wildman–Crippen LogP) is 2.23. The molecule has 3 rings (SSSR count). The second kappa shape index (κ2) is 8.50. The summed E-state index contributed by atoms with van der Waals surface area (Å²) in [7, 11) is 0. The number of halogens is 3. The maximum Gasteiger partial charge on any atom is 0.389 e. The van der Waals surface area contributed by atoms with Gasteiger partial charge in [-0.2, -0.15) is 13.2 Å². The molecule has 29 heavy (non-hydrogen) atoms. The molecule has 3 N–H and O–H groups in total. The highest BCUT2D eigenvalue weighted by molar-refractivity contribution is 6.04. The van der Waals surface area contributed by atoms with Gasteiger partial charge in [-0.15, -0.1) is 0 Å². The number of fused-ring (bicyclic) bond motifs is 1. The molecule has 1 saturated heterocycles. The predicted molar refractivity (Wildman–Crippen MR) is 100 cm³/mol. The lowest BCUT2D eigenvalue weighted by Gasteiger charge is -2.15. The molecule has 1 fully saturated rings. The molecule has 2 aromatic heterocycles. The van der Waals surface area contributed by atoms with Crippen LogP contribution in [0.2, 0.25) is 0 Å². The van der Waals surface area contributed by atoms with Crippen LogP contribution in [0.15, 0.2) is 25.0 Å². The molecule has 2 aromatic rings. The Labute approximate surface area is 164 Å². The number of nitrogens with zero attached hydrogens (tertiary/aromatic N) is 3. The van der Waals surface area contributed by atoms with E-state index in [-0.39, 0.29) is 30.5 Å². The number of anilines is 1. The zero-order valence-corrected chi connectivity index (χ0v) is 15.6. The Morgan fingerprint density at radius 1 is 1.41 bits per heavy atom. The van der Waals surface area contributed by atoms with Crippen LogP contribution in [0.4, 0.5) is 19.0 Å². The van der Waals surface area contributed by atoms with Gasteiger partial charge in [-0.05, 0) is 18.9 Å². The molecule has 156 valence electrons. The summed E-state index contributed by atoms with van der Waals surface area (Å²) < 4.78 is 36.6. The summed E-state index contributed by atoms with van der Waals surface area (Å²) in [5.74, 6) is -0.208. The molecular weight excluding hydrogens is 389 g/mol. The van der Waals surface area contributed by atoms with Gasteiger partial charge in [0.05, 0.1) is 11.8 Å². The van der Waals surface area contributed by atoms with Gasteiger partial charge in [0, 0.05) is 38.3 Å². The number of hydrogen-bond acceptors (Lipinski definition) is 5. The first kappa shape index (κ1) is 20.6. The van der Waals surface area contributed by atoms with Crippen molar-refractivity contribution in [2.75, 3.05) is 25.0 Å². The van der Waals surface area contributed by atoms with Gasteiger partial charge in [-0.25, -0.2) is 9.97 Å². The molecule has 0 bridgehead atoms. The third-order valence-corrected chi connectivity index (χ3v) is 4.57. The van der Waals surface area contributed by atoms with Crippen molar-refractivity contribution in [1.29, 1.82) is 0 Å². The van der Waals surface area contributed by atoms with E-state index in [9.17, 15) is 22.8 Å². The van der Waals surface area contributed by atoms with E-state index in [2.05, 4.69) is 32.2 Å². The van der Waals surface area contributed by atoms with Gasteiger partial charge in [0.25, 0.3) is 5.91 Å². The van der Waals surface area contributed by atoms with Gasteiger partial charge >= 0.3 is 6.18 Å². The summed E-state index contributed by atoms with van der Waals surface area (Å²) in [5.41, 5.74) is 0.921. The second-order valence-electron chi connectivity index (χ2n) is 6.75. The molecule has 0 unspecified atom stereocenters. The van der Waals surface area contributed by atoms with Crippen LogP contribution < -0.4 is 10.6 Å². The molecule has 1 aliphatic rings. The first-order valence-electron chi connectivity index (χ1n) is 9.14. The molecule has 11 heteroatoms. The largest absolute Gasteiger partial charge is 0.389 e. The standard InChI is InChI=1S/C18H21F3N6O2/c1-2-14(28)27-7-4-11(10-27)25-13-9-24-16-15(26-13)12(8-23-16)17(29)22-6-3-5-18(19,20)21/h2,8-9,11H,1,3-7,10H2,(H,22,29)(H,23,24)(H,25,26)/t11-/m1/s1. The number of amides is 2. The molecule has 0 aliphatic carbocycles. The summed E-state index contributed by atoms with van der Waals surface area (Å²) >= 11 is 0. The van der Waals surface area contributed by atoms with Gasteiger partial charge in [0.1, 0.15) is 11.3 Å². The monoisotopic (exact) mass is 410 g/mol. The summed E-state index contributed by atoms with van der Waals surface area (Å²) in [6.45, 7) is 4.49. The Hall–Kier alpha value is -3.11. The van der Waals surface area contributed by atoms with Crippen LogP contribution in [0.25, 0.3) is 11.2 Å². The Bertz CT molecular complexity index is 911. The highest BCUT2D eigenvalue weighted by Crippen LogP contribution is 2.21. The van der Waals surface area contributed by atoms with Gasteiger partial charge < -0.3 is 20.5 Å². The van der Waals surface area contributed by atoms with Crippen LogP contribution >= 0.6 is 0 Å². The average Bonchev–Trinajstić information content (AvgIpc) is 3.30. The Morgan fingerprint density at radius 2 is 2.21 bits per heavy atom. The van der Waals surface area contributed by atoms with E-state index in [4.69, 9.17) is 0 Å². The molecule has 8 nitrogen and oxygen atoms in total. The third-order valence-electron chi connectivity index (χ3n) is 4.57. The van der Waals surface area contributed by atoms with Crippen LogP contribution in [-0.4, -0.2) is 63.5 Å². The van der Waals surface area contributed by atoms with E-state index >= 15 is 0 Å². The number of carbonyl (C=O) groups excluding carboxylic acids is 2. The van der Waals surface area contributed by atoms with E-state index < -0.39 is 18.5 Å². The number of rotatable bonds is 7. The minimum atomic E-state index is -4.25. The van der Waals surface area contributed by atoms with Gasteiger partial charge in [0.2, 0.25) is 5.91 Å². The molecular formula is C18H21F3N6O2. The molecule has 1 atom stereocenters. The number of carbonyl (C=O) groups is 2. The summed E-state index contributed by atoms with van der Waals surface area (Å²) in [6, 6.07) is -0.00997. The van der Waals surface area contributed by atoms with Crippen molar-refractivity contribution < 1.29 is 22.8 Å². The maximum absolute atomic E-state index is 12.3. The van der Waals surface area contributed by atoms with E-state index in [0.29, 0.717) is 30.1 Å². The van der Waals surface area contributed by atoms with Crippen LogP contribution in [-0.2, 0) is 4.79 Å². The number of hydrogen-bond donors (Lipinski definition) is 3. The van der Waals surface area contributed by atoms with Gasteiger partial charge in [0.15, 0.2) is 5.65 Å². The Morgan fingerprint density at radius 3 is 2.93 bits per heavy atom. The lowest BCUT2D eigenvalue weighted by Crippen LogP contribution is -2.30. The van der Waals surface area contributed by atoms with Crippen molar-refractivity contribution >= 4 is 28.8 Å². The van der Waals surface area contributed by atoms with Crippen molar-refractivity contribution in [3.05, 3.63) is 30.6 Å². The zero-order chi connectivity index (χ0) is 21.0. The van der Waals surface area contributed by atoms with Crippen LogP contribution in [0, 0.1) is 0 Å². The molecule has 1 aliphatic heterocycles. The highest BCUT2D eigenvalue weighted by Gasteiger charge is 2.27. The third kappa shape index (κ3) is 5.24. The van der Waals surface area contributed by atoms with Crippen LogP contribution in [0.3, 0.4) is 0 Å². The van der Waals surface area contributed by atoms with E-state index in [1.54, 1.807) is 4.90 Å². The van der Waals surface area contributed by atoms with E-state index in [1.807, 2.05) is 0 Å². The zero-order valence-electron chi connectivity index (χ0n) is 15.6. The number of H-pyrrole nitrogens is 1. The first-order valence-corrected chi connectivity index (χ1v) is 9.14. The summed E-state index contributed by atoms with van der Waals surface area (Å²) in [5, 5.41) is 5.66. The number of nitrogens with one attached hydrogen (secondary N) is 3. The highest BCUT2D eigenvalue weighted by atomic mass is 19.4. The van der Waals surface area contributed by atoms with E-state index in [0.717, 1.165) is 6.42 Å². The minimum absolute atomic E-state index is 0.00997. The molecule has 0 spiro atoms. The topological polar surface area (TPSA) is 103 Å². The fraction of sp³-hybridized carbons (Fsp3) is 0.444. The lowest BCUT2D eigenvalue weighted by molar-refractivity contribution is -0.135. The number of likely N-dealkylation sites (tertiary alicyclic amines) is 1. The number of aromatic nitrogens is 3. The molecule has 3 heterocycles. The van der Waals surface area contributed by atoms with Crippen LogP contribution in [0.5, 0.6) is 0 Å². The second-order valence-corrected chi connectivity index (χ2v) is 6.75. The first-order chi connectivity index (χ1) is 13.8. The van der Waals surface area contributed by atoms with Gasteiger partial charge in [-0.3, -0.25) is 9.59 Å². The normalized spacial score (nSPS) is 16.8. The number of alkyl halides is 3. The smallest absolute Gasteiger partial charge is 0.364 e. The van der Waals surface area contributed by atoms with E-state index in [1.165, 1.54) is 18.5 Å². The molecule has 0 saturated carbocycles. The quantitative estimate of drug-likeness (QED) is 0.480. The Kier molecular flexibility index (Phi) is 6.04. The van der Waals surface area contributed by atoms with Crippen molar-refractivity contribution in [1.82, 2.24) is 25.2 Å². The fourth-order valence-corrected chi connectivity index (χ4v) is 3.14. The molecule has 0 radical (unpaired) electrons. The molecule has 2 amide bonds. The average molecular weight is 410 g/mol. The van der Waals surface area contributed by atoms with Crippen LogP contribution in [0.1, 0.15) is 29.6 Å². The van der Waals surface area contributed by atoms with Crippen molar-refractivity contribution in [3.63, 3.8) is 0 Å². The van der Waals surface area contributed by atoms with Gasteiger partial charge in [-0.1, -0.05) is 6.58 Å².